The fourth-order valence-corrected chi connectivity index (χ4v) is 8.30. The van der Waals surface area contributed by atoms with E-state index in [1.54, 1.807) is 96.3 Å². The lowest BCUT2D eigenvalue weighted by molar-refractivity contribution is -0.0679. The van der Waals surface area contributed by atoms with Crippen LogP contribution in [0.3, 0.4) is 0 Å². The lowest BCUT2D eigenvalue weighted by Crippen LogP contribution is -2.46. The highest BCUT2D eigenvalue weighted by Gasteiger charge is 2.51. The molecular weight excluding hydrogens is 324 g/mol. The Hall–Kier alpha value is 0. The van der Waals surface area contributed by atoms with Gasteiger partial charge in [-0.3, -0.25) is 0 Å². The standard InChI is InChI=1S/C27H48/c1-3-5-6-15-26-16-19-27(20-17-26,21-18-26)25-13-11-24(12-14-25)23-9-7-22(4-2)8-10-23/h22-25H,3-21H2,1-2H3/t22-,23-,24?,25?,26?,27?. The summed E-state index contributed by atoms with van der Waals surface area (Å²) in [5, 5.41) is 0. The molecule has 5 aliphatic rings. The van der Waals surface area contributed by atoms with E-state index in [0.717, 1.165) is 34.5 Å². The number of hydrogen-bond donors (Lipinski definition) is 0. The molecular formula is C27H48. The monoisotopic (exact) mass is 372 g/mol. The Morgan fingerprint density at radius 3 is 1.70 bits per heavy atom. The molecule has 27 heavy (non-hydrogen) atoms. The maximum atomic E-state index is 2.41. The molecule has 0 saturated heterocycles. The SMILES string of the molecule is CCCCCC12CCC(C3CCC([C@H]4CC[C@H](CC)CC4)CC3)(CC1)CC2. The molecule has 0 aliphatic heterocycles. The zero-order valence-electron chi connectivity index (χ0n) is 18.7. The predicted octanol–water partition coefficient (Wildman–Crippen LogP) is 8.93. The van der Waals surface area contributed by atoms with Gasteiger partial charge in [0.1, 0.15) is 0 Å². The van der Waals surface area contributed by atoms with Crippen molar-refractivity contribution in [3.63, 3.8) is 0 Å². The van der Waals surface area contributed by atoms with E-state index in [1.807, 2.05) is 0 Å². The zero-order chi connectivity index (χ0) is 18.7. The third-order valence-corrected chi connectivity index (χ3v) is 10.5. The maximum absolute atomic E-state index is 2.41. The van der Waals surface area contributed by atoms with Crippen LogP contribution in [0.1, 0.15) is 136 Å². The minimum Gasteiger partial charge on any atom is -0.0654 e. The van der Waals surface area contributed by atoms with Gasteiger partial charge in [0.05, 0.1) is 0 Å². The van der Waals surface area contributed by atoms with E-state index in [9.17, 15) is 0 Å². The minimum absolute atomic E-state index is 0.798. The summed E-state index contributed by atoms with van der Waals surface area (Å²) in [5.74, 6) is 4.39. The predicted molar refractivity (Wildman–Crippen MR) is 118 cm³/mol. The highest BCUT2D eigenvalue weighted by Crippen LogP contribution is 2.63. The van der Waals surface area contributed by atoms with Gasteiger partial charge in [0.2, 0.25) is 0 Å². The summed E-state index contributed by atoms with van der Waals surface area (Å²) in [5.41, 5.74) is 1.60. The molecule has 0 spiro atoms. The molecule has 5 aliphatic carbocycles. The Morgan fingerprint density at radius 1 is 0.630 bits per heavy atom. The highest BCUT2D eigenvalue weighted by atomic mass is 14.6. The van der Waals surface area contributed by atoms with Crippen molar-refractivity contribution in [1.29, 1.82) is 0 Å². The highest BCUT2D eigenvalue weighted by molar-refractivity contribution is 5.03. The van der Waals surface area contributed by atoms with E-state index in [4.69, 9.17) is 0 Å². The first-order valence-electron chi connectivity index (χ1n) is 13.2. The van der Waals surface area contributed by atoms with Crippen molar-refractivity contribution in [3.05, 3.63) is 0 Å². The van der Waals surface area contributed by atoms with Crippen LogP contribution >= 0.6 is 0 Å². The molecule has 5 saturated carbocycles. The van der Waals surface area contributed by atoms with Gasteiger partial charge in [-0.25, -0.2) is 0 Å². The first-order valence-corrected chi connectivity index (χ1v) is 13.2. The van der Waals surface area contributed by atoms with Crippen LogP contribution in [-0.2, 0) is 0 Å². The van der Waals surface area contributed by atoms with Crippen LogP contribution < -0.4 is 0 Å². The molecule has 2 bridgehead atoms. The van der Waals surface area contributed by atoms with E-state index in [0.29, 0.717) is 0 Å². The van der Waals surface area contributed by atoms with Gasteiger partial charge < -0.3 is 0 Å². The largest absolute Gasteiger partial charge is 0.0654 e. The normalized spacial score (nSPS) is 45.1. The van der Waals surface area contributed by atoms with Gasteiger partial charge in [0.25, 0.3) is 0 Å². The molecule has 5 fully saturated rings. The van der Waals surface area contributed by atoms with E-state index < -0.39 is 0 Å². The summed E-state index contributed by atoms with van der Waals surface area (Å²) in [6, 6.07) is 0. The van der Waals surface area contributed by atoms with E-state index in [2.05, 4.69) is 13.8 Å². The van der Waals surface area contributed by atoms with Crippen LogP contribution in [0.25, 0.3) is 0 Å². The van der Waals surface area contributed by atoms with E-state index >= 15 is 0 Å². The molecule has 0 aromatic rings. The van der Waals surface area contributed by atoms with Crippen LogP contribution in [0.2, 0.25) is 0 Å². The Morgan fingerprint density at radius 2 is 1.19 bits per heavy atom. The van der Waals surface area contributed by atoms with Crippen molar-refractivity contribution < 1.29 is 0 Å². The number of unbranched alkanes of at least 4 members (excludes halogenated alkanes) is 2. The van der Waals surface area contributed by atoms with Gasteiger partial charge >= 0.3 is 0 Å². The van der Waals surface area contributed by atoms with Crippen molar-refractivity contribution in [1.82, 2.24) is 0 Å². The molecule has 0 heteroatoms. The third kappa shape index (κ3) is 4.30. The summed E-state index contributed by atoms with van der Waals surface area (Å²) >= 11 is 0. The molecule has 0 atom stereocenters. The zero-order valence-corrected chi connectivity index (χ0v) is 18.7. The fraction of sp³-hybridized carbons (Fsp3) is 1.00. The van der Waals surface area contributed by atoms with Crippen molar-refractivity contribution >= 4 is 0 Å². The van der Waals surface area contributed by atoms with Gasteiger partial charge in [-0.15, -0.1) is 0 Å². The minimum atomic E-state index is 0.798. The molecule has 5 rings (SSSR count). The third-order valence-electron chi connectivity index (χ3n) is 10.5. The number of hydrogen-bond acceptors (Lipinski definition) is 0. The second kappa shape index (κ2) is 8.79. The molecule has 156 valence electrons. The fourth-order valence-electron chi connectivity index (χ4n) is 8.30. The smallest absolute Gasteiger partial charge is 0.0269 e. The van der Waals surface area contributed by atoms with Crippen LogP contribution in [0.15, 0.2) is 0 Å². The first kappa shape index (κ1) is 20.3. The lowest BCUT2D eigenvalue weighted by atomic mass is 9.47. The van der Waals surface area contributed by atoms with Gasteiger partial charge in [-0.05, 0) is 118 Å². The van der Waals surface area contributed by atoms with E-state index in [-0.39, 0.29) is 0 Å². The molecule has 0 radical (unpaired) electrons. The second-order valence-electron chi connectivity index (χ2n) is 11.6. The Kier molecular flexibility index (Phi) is 6.60. The van der Waals surface area contributed by atoms with Crippen molar-refractivity contribution in [2.75, 3.05) is 0 Å². The molecule has 0 heterocycles. The summed E-state index contributed by atoms with van der Waals surface area (Å²) in [6.07, 6.45) is 29.6. The lowest BCUT2D eigenvalue weighted by Gasteiger charge is -2.58. The summed E-state index contributed by atoms with van der Waals surface area (Å²) in [6.45, 7) is 4.76. The molecule has 0 unspecified atom stereocenters. The summed E-state index contributed by atoms with van der Waals surface area (Å²) in [7, 11) is 0. The Bertz CT molecular complexity index is 422. The molecule has 0 aromatic carbocycles. The van der Waals surface area contributed by atoms with Crippen LogP contribution in [0.4, 0.5) is 0 Å². The summed E-state index contributed by atoms with van der Waals surface area (Å²) in [4.78, 5) is 0. The molecule has 0 amide bonds. The maximum Gasteiger partial charge on any atom is -0.0269 e. The summed E-state index contributed by atoms with van der Waals surface area (Å²) < 4.78 is 0. The molecule has 0 N–H and O–H groups in total. The van der Waals surface area contributed by atoms with Crippen LogP contribution in [0, 0.1) is 34.5 Å². The van der Waals surface area contributed by atoms with Crippen LogP contribution in [-0.4, -0.2) is 0 Å². The van der Waals surface area contributed by atoms with Gasteiger partial charge in [-0.2, -0.15) is 0 Å². The first-order chi connectivity index (χ1) is 13.2. The van der Waals surface area contributed by atoms with Crippen molar-refractivity contribution in [2.24, 2.45) is 34.5 Å². The molecule has 0 nitrogen and oxygen atoms in total. The van der Waals surface area contributed by atoms with Crippen LogP contribution in [0.5, 0.6) is 0 Å². The quantitative estimate of drug-likeness (QED) is 0.391. The number of rotatable bonds is 7. The van der Waals surface area contributed by atoms with E-state index in [1.165, 1.54) is 25.7 Å². The van der Waals surface area contributed by atoms with Gasteiger partial charge in [-0.1, -0.05) is 52.4 Å². The van der Waals surface area contributed by atoms with Crippen molar-refractivity contribution in [3.8, 4) is 0 Å². The van der Waals surface area contributed by atoms with Gasteiger partial charge in [0.15, 0.2) is 0 Å². The van der Waals surface area contributed by atoms with Crippen molar-refractivity contribution in [2.45, 2.75) is 136 Å². The molecule has 0 aromatic heterocycles. The Labute approximate surface area is 170 Å². The van der Waals surface area contributed by atoms with Gasteiger partial charge in [0, 0.05) is 0 Å². The number of fused-ring (bicyclic) bond motifs is 3. The topological polar surface area (TPSA) is 0 Å². The Balaban J connectivity index is 1.25. The average Bonchev–Trinajstić information content (AvgIpc) is 2.75. The average molecular weight is 373 g/mol. The second-order valence-corrected chi connectivity index (χ2v) is 11.6.